The minimum atomic E-state index is 0.537. The Morgan fingerprint density at radius 2 is 2.20 bits per heavy atom. The maximum atomic E-state index is 10.6. The molecule has 0 aliphatic heterocycles. The van der Waals surface area contributed by atoms with Crippen LogP contribution in [0.5, 0.6) is 11.5 Å². The summed E-state index contributed by atoms with van der Waals surface area (Å²) in [6.07, 6.45) is 0.765. The topological polar surface area (TPSA) is 35.5 Å². The normalized spacial score (nSPS) is 9.80. The fourth-order valence-corrected chi connectivity index (χ4v) is 1.82. The van der Waals surface area contributed by atoms with E-state index in [9.17, 15) is 4.79 Å². The van der Waals surface area contributed by atoms with Crippen LogP contribution in [0.1, 0.15) is 10.4 Å². The number of alkyl halides is 1. The molecule has 0 aromatic heterocycles. The number of halogens is 2. The van der Waals surface area contributed by atoms with Crippen molar-refractivity contribution < 1.29 is 14.3 Å². The minimum Gasteiger partial charge on any atom is -0.493 e. The Labute approximate surface area is 105 Å². The van der Waals surface area contributed by atoms with E-state index in [1.54, 1.807) is 12.1 Å². The molecule has 0 aliphatic rings. The number of methoxy groups -OCH3 is 1. The standard InChI is InChI=1S/C10H10Br2O3/c1-14-9-5-7(6-13)4-8(12)10(9)15-3-2-11/h4-6H,2-3H2,1H3. The SMILES string of the molecule is COc1cc(C=O)cc(Br)c1OCCBr. The van der Waals surface area contributed by atoms with Crippen molar-refractivity contribution in [1.29, 1.82) is 0 Å². The van der Waals surface area contributed by atoms with Crippen LogP contribution in [-0.4, -0.2) is 25.3 Å². The Kier molecular flexibility index (Phi) is 5.11. The Balaban J connectivity index is 3.06. The largest absolute Gasteiger partial charge is 0.493 e. The average Bonchev–Trinajstić information content (AvgIpc) is 2.26. The molecule has 0 N–H and O–H groups in total. The summed E-state index contributed by atoms with van der Waals surface area (Å²) in [5.41, 5.74) is 0.546. The Hall–Kier alpha value is -0.550. The van der Waals surface area contributed by atoms with Crippen LogP contribution in [0.3, 0.4) is 0 Å². The highest BCUT2D eigenvalue weighted by molar-refractivity contribution is 9.10. The summed E-state index contributed by atoms with van der Waals surface area (Å²) >= 11 is 6.60. The van der Waals surface area contributed by atoms with Crippen LogP contribution in [0.15, 0.2) is 16.6 Å². The van der Waals surface area contributed by atoms with Crippen molar-refractivity contribution in [2.75, 3.05) is 19.0 Å². The first kappa shape index (κ1) is 12.5. The molecule has 0 atom stereocenters. The third-order valence-corrected chi connectivity index (χ3v) is 2.62. The van der Waals surface area contributed by atoms with Crippen LogP contribution in [0, 0.1) is 0 Å². The Bertz CT molecular complexity index is 353. The molecular formula is C10H10Br2O3. The van der Waals surface area contributed by atoms with Crippen molar-refractivity contribution in [3.63, 3.8) is 0 Å². The molecule has 0 fully saturated rings. The van der Waals surface area contributed by atoms with E-state index in [4.69, 9.17) is 9.47 Å². The maximum Gasteiger partial charge on any atom is 0.175 e. The van der Waals surface area contributed by atoms with Gasteiger partial charge < -0.3 is 9.47 Å². The lowest BCUT2D eigenvalue weighted by molar-refractivity contribution is 0.112. The Morgan fingerprint density at radius 3 is 2.73 bits per heavy atom. The van der Waals surface area contributed by atoms with E-state index in [1.807, 2.05) is 0 Å². The van der Waals surface area contributed by atoms with Crippen LogP contribution in [0.25, 0.3) is 0 Å². The predicted octanol–water partition coefficient (Wildman–Crippen LogP) is 3.04. The second-order valence-corrected chi connectivity index (χ2v) is 4.34. The second-order valence-electron chi connectivity index (χ2n) is 2.69. The van der Waals surface area contributed by atoms with E-state index in [0.29, 0.717) is 28.1 Å². The minimum absolute atomic E-state index is 0.537. The average molecular weight is 338 g/mol. The zero-order valence-electron chi connectivity index (χ0n) is 8.13. The first-order chi connectivity index (χ1) is 7.22. The summed E-state index contributed by atoms with van der Waals surface area (Å²) in [5.74, 6) is 1.16. The molecule has 0 saturated carbocycles. The number of benzene rings is 1. The molecule has 0 bridgehead atoms. The summed E-state index contributed by atoms with van der Waals surface area (Å²) < 4.78 is 11.3. The van der Waals surface area contributed by atoms with Crippen molar-refractivity contribution in [3.8, 4) is 11.5 Å². The number of carbonyl (C=O) groups excluding carboxylic acids is 1. The van der Waals surface area contributed by atoms with Crippen molar-refractivity contribution in [2.45, 2.75) is 0 Å². The molecule has 0 amide bonds. The van der Waals surface area contributed by atoms with E-state index < -0.39 is 0 Å². The van der Waals surface area contributed by atoms with Gasteiger partial charge in [0.25, 0.3) is 0 Å². The van der Waals surface area contributed by atoms with Gasteiger partial charge in [-0.15, -0.1) is 0 Å². The van der Waals surface area contributed by atoms with Crippen molar-refractivity contribution >= 4 is 38.1 Å². The molecular weight excluding hydrogens is 328 g/mol. The summed E-state index contributed by atoms with van der Waals surface area (Å²) in [4.78, 5) is 10.6. The molecule has 15 heavy (non-hydrogen) atoms. The van der Waals surface area contributed by atoms with Gasteiger partial charge in [0.2, 0.25) is 0 Å². The maximum absolute atomic E-state index is 10.6. The van der Waals surface area contributed by atoms with Gasteiger partial charge in [0.05, 0.1) is 18.2 Å². The first-order valence-corrected chi connectivity index (χ1v) is 6.15. The highest BCUT2D eigenvalue weighted by Crippen LogP contribution is 2.36. The smallest absolute Gasteiger partial charge is 0.175 e. The monoisotopic (exact) mass is 336 g/mol. The van der Waals surface area contributed by atoms with Gasteiger partial charge in [-0.2, -0.15) is 0 Å². The zero-order chi connectivity index (χ0) is 11.3. The lowest BCUT2D eigenvalue weighted by Crippen LogP contribution is -2.01. The van der Waals surface area contributed by atoms with Gasteiger partial charge in [-0.05, 0) is 28.1 Å². The molecule has 3 nitrogen and oxygen atoms in total. The summed E-state index contributed by atoms with van der Waals surface area (Å²) in [5, 5.41) is 0.734. The van der Waals surface area contributed by atoms with E-state index in [-0.39, 0.29) is 0 Å². The number of ether oxygens (including phenoxy) is 2. The molecule has 0 unspecified atom stereocenters. The second kappa shape index (κ2) is 6.12. The molecule has 0 saturated heterocycles. The van der Waals surface area contributed by atoms with E-state index >= 15 is 0 Å². The Morgan fingerprint density at radius 1 is 1.47 bits per heavy atom. The van der Waals surface area contributed by atoms with E-state index in [1.165, 1.54) is 7.11 Å². The molecule has 0 aliphatic carbocycles. The van der Waals surface area contributed by atoms with Gasteiger partial charge in [0.1, 0.15) is 6.29 Å². The van der Waals surface area contributed by atoms with E-state index in [2.05, 4.69) is 31.9 Å². The molecule has 1 aromatic rings. The first-order valence-electron chi connectivity index (χ1n) is 4.24. The number of aldehydes is 1. The van der Waals surface area contributed by atoms with Crippen LogP contribution in [0.2, 0.25) is 0 Å². The van der Waals surface area contributed by atoms with E-state index in [0.717, 1.165) is 11.6 Å². The summed E-state index contributed by atoms with van der Waals surface area (Å²) in [6, 6.07) is 3.33. The quantitative estimate of drug-likeness (QED) is 0.612. The summed E-state index contributed by atoms with van der Waals surface area (Å²) in [7, 11) is 1.54. The number of carbonyl (C=O) groups is 1. The summed E-state index contributed by atoms with van der Waals surface area (Å²) in [6.45, 7) is 0.537. The molecule has 1 aromatic carbocycles. The van der Waals surface area contributed by atoms with Crippen LogP contribution in [-0.2, 0) is 0 Å². The van der Waals surface area contributed by atoms with Crippen molar-refractivity contribution in [3.05, 3.63) is 22.2 Å². The van der Waals surface area contributed by atoms with Gasteiger partial charge in [0.15, 0.2) is 11.5 Å². The van der Waals surface area contributed by atoms with Crippen LogP contribution < -0.4 is 9.47 Å². The van der Waals surface area contributed by atoms with Gasteiger partial charge in [-0.3, -0.25) is 4.79 Å². The lowest BCUT2D eigenvalue weighted by atomic mass is 10.2. The van der Waals surface area contributed by atoms with Gasteiger partial charge >= 0.3 is 0 Å². The fraction of sp³-hybridized carbons (Fsp3) is 0.300. The zero-order valence-corrected chi connectivity index (χ0v) is 11.3. The van der Waals surface area contributed by atoms with Crippen molar-refractivity contribution in [1.82, 2.24) is 0 Å². The molecule has 0 radical (unpaired) electrons. The lowest BCUT2D eigenvalue weighted by Gasteiger charge is -2.12. The van der Waals surface area contributed by atoms with Crippen LogP contribution in [0.4, 0.5) is 0 Å². The molecule has 0 spiro atoms. The highest BCUT2D eigenvalue weighted by Gasteiger charge is 2.10. The fourth-order valence-electron chi connectivity index (χ4n) is 1.09. The van der Waals surface area contributed by atoms with Crippen molar-refractivity contribution in [2.24, 2.45) is 0 Å². The highest BCUT2D eigenvalue weighted by atomic mass is 79.9. The van der Waals surface area contributed by atoms with Gasteiger partial charge in [-0.1, -0.05) is 15.9 Å². The third-order valence-electron chi connectivity index (χ3n) is 1.71. The molecule has 82 valence electrons. The van der Waals surface area contributed by atoms with Gasteiger partial charge in [-0.25, -0.2) is 0 Å². The molecule has 0 heterocycles. The predicted molar refractivity (Wildman–Crippen MR) is 65.4 cm³/mol. The third kappa shape index (κ3) is 3.21. The molecule has 1 rings (SSSR count). The van der Waals surface area contributed by atoms with Crippen LogP contribution >= 0.6 is 31.9 Å². The number of hydrogen-bond donors (Lipinski definition) is 0. The number of hydrogen-bond acceptors (Lipinski definition) is 3. The van der Waals surface area contributed by atoms with Gasteiger partial charge in [0, 0.05) is 10.9 Å². The molecule has 5 heteroatoms. The number of rotatable bonds is 5.